The van der Waals surface area contributed by atoms with Crippen molar-refractivity contribution in [1.82, 2.24) is 4.98 Å². The summed E-state index contributed by atoms with van der Waals surface area (Å²) in [5.74, 6) is 0. The molecule has 1 aromatic heterocycles. The van der Waals surface area contributed by atoms with Gasteiger partial charge in [-0.2, -0.15) is 0 Å². The van der Waals surface area contributed by atoms with Crippen LogP contribution in [0.4, 0.5) is 5.00 Å². The maximum atomic E-state index is 6.34. The standard InChI is InChI=1S/C21H27BrN2OS/c1-14-6-5-7-15(2)16(14)17-18(26-19(22)23-17)24-10-11-25-21(13-24)9-8-20(3,4)12-21/h5-7H,8-13H2,1-4H3. The molecule has 2 heterocycles. The number of halogens is 1. The van der Waals surface area contributed by atoms with Crippen molar-refractivity contribution in [3.05, 3.63) is 33.2 Å². The topological polar surface area (TPSA) is 25.4 Å². The molecule has 1 aromatic carbocycles. The summed E-state index contributed by atoms with van der Waals surface area (Å²) in [5.41, 5.74) is 5.36. The first-order valence-corrected chi connectivity index (χ1v) is 11.0. The molecule has 4 rings (SSSR count). The Morgan fingerprint density at radius 1 is 1.19 bits per heavy atom. The number of aryl methyl sites for hydroxylation is 2. The fourth-order valence-electron chi connectivity index (χ4n) is 4.74. The zero-order valence-corrected chi connectivity index (χ0v) is 18.5. The number of hydrogen-bond donors (Lipinski definition) is 0. The van der Waals surface area contributed by atoms with Gasteiger partial charge >= 0.3 is 0 Å². The first-order chi connectivity index (χ1) is 12.3. The summed E-state index contributed by atoms with van der Waals surface area (Å²) in [6, 6.07) is 6.49. The minimum atomic E-state index is 0.0102. The Morgan fingerprint density at radius 3 is 2.58 bits per heavy atom. The average Bonchev–Trinajstić information content (AvgIpc) is 3.07. The highest BCUT2D eigenvalue weighted by Crippen LogP contribution is 2.49. The second-order valence-corrected chi connectivity index (χ2v) is 10.9. The van der Waals surface area contributed by atoms with Gasteiger partial charge in [0, 0.05) is 18.7 Å². The van der Waals surface area contributed by atoms with Crippen molar-refractivity contribution < 1.29 is 4.74 Å². The molecule has 3 nitrogen and oxygen atoms in total. The van der Waals surface area contributed by atoms with Gasteiger partial charge < -0.3 is 9.64 Å². The Morgan fingerprint density at radius 2 is 1.92 bits per heavy atom. The third-order valence-electron chi connectivity index (χ3n) is 5.89. The minimum absolute atomic E-state index is 0.0102. The van der Waals surface area contributed by atoms with Crippen molar-refractivity contribution in [1.29, 1.82) is 0 Å². The Kier molecular flexibility index (Phi) is 4.69. The highest BCUT2D eigenvalue weighted by molar-refractivity contribution is 9.11. The monoisotopic (exact) mass is 434 g/mol. The molecular formula is C21H27BrN2OS. The van der Waals surface area contributed by atoms with Crippen LogP contribution in [-0.4, -0.2) is 30.3 Å². The van der Waals surface area contributed by atoms with Crippen LogP contribution in [0.1, 0.15) is 44.2 Å². The predicted octanol–water partition coefficient (Wildman–Crippen LogP) is 5.97. The number of thiazole rings is 1. The number of ether oxygens (including phenoxy) is 1. The molecule has 2 aliphatic rings. The quantitative estimate of drug-likeness (QED) is 0.581. The van der Waals surface area contributed by atoms with Crippen LogP contribution in [-0.2, 0) is 4.74 Å². The van der Waals surface area contributed by atoms with E-state index in [-0.39, 0.29) is 5.60 Å². The first kappa shape index (κ1) is 18.5. The summed E-state index contributed by atoms with van der Waals surface area (Å²) < 4.78 is 7.30. The molecule has 1 saturated carbocycles. The van der Waals surface area contributed by atoms with Gasteiger partial charge in [0.25, 0.3) is 0 Å². The molecule has 1 spiro atoms. The van der Waals surface area contributed by atoms with Gasteiger partial charge in [0.1, 0.15) is 10.7 Å². The van der Waals surface area contributed by atoms with E-state index in [2.05, 4.69) is 66.7 Å². The summed E-state index contributed by atoms with van der Waals surface area (Å²) in [6.45, 7) is 11.8. The summed E-state index contributed by atoms with van der Waals surface area (Å²) in [4.78, 5) is 7.40. The van der Waals surface area contributed by atoms with E-state index in [4.69, 9.17) is 9.72 Å². The van der Waals surface area contributed by atoms with E-state index < -0.39 is 0 Å². The lowest BCUT2D eigenvalue weighted by molar-refractivity contribution is -0.0558. The fourth-order valence-corrected chi connectivity index (χ4v) is 6.21. The van der Waals surface area contributed by atoms with Gasteiger partial charge in [-0.05, 0) is 65.6 Å². The Balaban J connectivity index is 1.71. The highest BCUT2D eigenvalue weighted by Gasteiger charge is 2.47. The van der Waals surface area contributed by atoms with Crippen molar-refractivity contribution in [2.75, 3.05) is 24.6 Å². The lowest BCUT2D eigenvalue weighted by Gasteiger charge is -2.42. The van der Waals surface area contributed by atoms with E-state index in [1.54, 1.807) is 11.3 Å². The third kappa shape index (κ3) is 3.34. The van der Waals surface area contributed by atoms with Crippen LogP contribution in [0.25, 0.3) is 11.3 Å². The van der Waals surface area contributed by atoms with E-state index in [0.29, 0.717) is 5.41 Å². The van der Waals surface area contributed by atoms with Crippen molar-refractivity contribution in [3.63, 3.8) is 0 Å². The van der Waals surface area contributed by atoms with E-state index in [1.165, 1.54) is 28.1 Å². The van der Waals surface area contributed by atoms with Crippen LogP contribution in [0, 0.1) is 19.3 Å². The van der Waals surface area contributed by atoms with Gasteiger partial charge in [0.05, 0.1) is 12.2 Å². The maximum Gasteiger partial charge on any atom is 0.161 e. The van der Waals surface area contributed by atoms with Gasteiger partial charge in [0.2, 0.25) is 0 Å². The third-order valence-corrected chi connectivity index (χ3v) is 7.46. The lowest BCUT2D eigenvalue weighted by atomic mass is 9.88. The number of nitrogens with zero attached hydrogens (tertiary/aromatic N) is 2. The Labute approximate surface area is 168 Å². The van der Waals surface area contributed by atoms with E-state index in [9.17, 15) is 0 Å². The molecule has 1 aliphatic heterocycles. The number of rotatable bonds is 2. The summed E-state index contributed by atoms with van der Waals surface area (Å²) in [7, 11) is 0. The van der Waals surface area contributed by atoms with Crippen LogP contribution < -0.4 is 4.90 Å². The van der Waals surface area contributed by atoms with Crippen LogP contribution >= 0.6 is 27.3 Å². The lowest BCUT2D eigenvalue weighted by Crippen LogP contribution is -2.51. The summed E-state index contributed by atoms with van der Waals surface area (Å²) >= 11 is 5.39. The largest absolute Gasteiger partial charge is 0.371 e. The van der Waals surface area contributed by atoms with E-state index in [0.717, 1.165) is 42.1 Å². The molecular weight excluding hydrogens is 408 g/mol. The second-order valence-electron chi connectivity index (χ2n) is 8.68. The smallest absolute Gasteiger partial charge is 0.161 e. The van der Waals surface area contributed by atoms with Crippen molar-refractivity contribution in [2.24, 2.45) is 5.41 Å². The SMILES string of the molecule is Cc1cccc(C)c1-c1nc(Br)sc1N1CCOC2(CCC(C)(C)C2)C1. The minimum Gasteiger partial charge on any atom is -0.371 e. The predicted molar refractivity (Wildman–Crippen MR) is 113 cm³/mol. The average molecular weight is 435 g/mol. The van der Waals surface area contributed by atoms with Crippen LogP contribution in [0.2, 0.25) is 0 Å². The van der Waals surface area contributed by atoms with Gasteiger partial charge in [-0.1, -0.05) is 43.4 Å². The Bertz CT molecular complexity index is 811. The molecule has 0 radical (unpaired) electrons. The van der Waals surface area contributed by atoms with Crippen LogP contribution in [0.3, 0.4) is 0 Å². The number of morpholine rings is 1. The zero-order chi connectivity index (χ0) is 18.5. The fraction of sp³-hybridized carbons (Fsp3) is 0.571. The van der Waals surface area contributed by atoms with Crippen LogP contribution in [0.5, 0.6) is 0 Å². The molecule has 5 heteroatoms. The van der Waals surface area contributed by atoms with Gasteiger partial charge in [-0.3, -0.25) is 0 Å². The molecule has 1 atom stereocenters. The molecule has 1 unspecified atom stereocenters. The van der Waals surface area contributed by atoms with Crippen LogP contribution in [0.15, 0.2) is 22.1 Å². The van der Waals surface area contributed by atoms with E-state index in [1.807, 2.05) is 0 Å². The second kappa shape index (κ2) is 6.61. The van der Waals surface area contributed by atoms with E-state index >= 15 is 0 Å². The van der Waals surface area contributed by atoms with Gasteiger partial charge in [-0.15, -0.1) is 0 Å². The van der Waals surface area contributed by atoms with Gasteiger partial charge in [0.15, 0.2) is 3.92 Å². The molecule has 1 saturated heterocycles. The zero-order valence-electron chi connectivity index (χ0n) is 16.1. The molecule has 0 amide bonds. The number of hydrogen-bond acceptors (Lipinski definition) is 4. The summed E-state index contributed by atoms with van der Waals surface area (Å²) in [5, 5.41) is 1.28. The normalized spacial score (nSPS) is 25.2. The first-order valence-electron chi connectivity index (χ1n) is 9.41. The molecule has 26 heavy (non-hydrogen) atoms. The molecule has 1 aliphatic carbocycles. The molecule has 0 bridgehead atoms. The number of anilines is 1. The molecule has 140 valence electrons. The molecule has 2 aromatic rings. The van der Waals surface area contributed by atoms with Crippen molar-refractivity contribution >= 4 is 32.3 Å². The maximum absolute atomic E-state index is 6.34. The number of aromatic nitrogens is 1. The van der Waals surface area contributed by atoms with Gasteiger partial charge in [-0.25, -0.2) is 4.98 Å². The van der Waals surface area contributed by atoms with Crippen molar-refractivity contribution in [3.8, 4) is 11.3 Å². The molecule has 0 N–H and O–H groups in total. The Hall–Kier alpha value is -0.910. The molecule has 2 fully saturated rings. The summed E-state index contributed by atoms with van der Waals surface area (Å²) in [6.07, 6.45) is 3.56. The highest BCUT2D eigenvalue weighted by atomic mass is 79.9. The van der Waals surface area contributed by atoms with Crippen molar-refractivity contribution in [2.45, 2.75) is 52.6 Å². The number of benzene rings is 1.